The lowest BCUT2D eigenvalue weighted by molar-refractivity contribution is 0.0485. The summed E-state index contributed by atoms with van der Waals surface area (Å²) in [6.07, 6.45) is 6.08. The largest absolute Gasteiger partial charge is 0.462 e. The lowest BCUT2D eigenvalue weighted by Crippen LogP contribution is -2.14. The van der Waals surface area contributed by atoms with Gasteiger partial charge in [0.25, 0.3) is 0 Å². The van der Waals surface area contributed by atoms with Crippen LogP contribution in [0.2, 0.25) is 0 Å². The van der Waals surface area contributed by atoms with E-state index >= 15 is 0 Å². The Kier molecular flexibility index (Phi) is 11.1. The fourth-order valence-corrected chi connectivity index (χ4v) is 10.9. The van der Waals surface area contributed by atoms with Crippen molar-refractivity contribution in [1.29, 1.82) is 0 Å². The average Bonchev–Trinajstić information content (AvgIpc) is 3.36. The summed E-state index contributed by atoms with van der Waals surface area (Å²) in [4.78, 5) is 59.5. The first-order chi connectivity index (χ1) is 33.3. The number of fused-ring (bicyclic) bond motifs is 10. The van der Waals surface area contributed by atoms with Gasteiger partial charge in [-0.2, -0.15) is 0 Å². The second kappa shape index (κ2) is 17.4. The zero-order valence-corrected chi connectivity index (χ0v) is 39.0. The fourth-order valence-electron chi connectivity index (χ4n) is 10.9. The van der Waals surface area contributed by atoms with Gasteiger partial charge in [-0.1, -0.05) is 126 Å². The van der Waals surface area contributed by atoms with E-state index in [2.05, 4.69) is 48.5 Å². The van der Waals surface area contributed by atoms with Crippen molar-refractivity contribution in [3.8, 4) is 0 Å². The Morgan fingerprint density at radius 1 is 0.309 bits per heavy atom. The van der Waals surface area contributed by atoms with Gasteiger partial charge >= 0.3 is 23.9 Å². The van der Waals surface area contributed by atoms with Gasteiger partial charge in [-0.3, -0.25) is 0 Å². The van der Waals surface area contributed by atoms with E-state index in [1.165, 1.54) is 0 Å². The van der Waals surface area contributed by atoms with E-state index in [1.54, 1.807) is 0 Å². The molecule has 11 aromatic rings. The van der Waals surface area contributed by atoms with Crippen LogP contribution < -0.4 is 0 Å². The van der Waals surface area contributed by atoms with Gasteiger partial charge in [-0.25, -0.2) is 19.2 Å². The molecule has 0 saturated heterocycles. The van der Waals surface area contributed by atoms with E-state index in [-0.39, 0.29) is 48.7 Å². The van der Waals surface area contributed by atoms with Crippen molar-refractivity contribution in [2.75, 3.05) is 26.4 Å². The molecule has 0 unspecified atom stereocenters. The number of hydrogen-bond donors (Lipinski definition) is 0. The number of benzene rings is 11. The van der Waals surface area contributed by atoms with Crippen LogP contribution in [0.5, 0.6) is 0 Å². The minimum absolute atomic E-state index is 0.222. The molecule has 8 heteroatoms. The molecule has 68 heavy (non-hydrogen) atoms. The van der Waals surface area contributed by atoms with Crippen LogP contribution in [-0.4, -0.2) is 50.3 Å². The van der Waals surface area contributed by atoms with Gasteiger partial charge in [0, 0.05) is 21.5 Å². The Morgan fingerprint density at radius 2 is 0.618 bits per heavy atom. The molecule has 340 valence electrons. The molecule has 0 heterocycles. The summed E-state index contributed by atoms with van der Waals surface area (Å²) in [5, 5.41) is 16.3. The van der Waals surface area contributed by atoms with Crippen LogP contribution in [0.25, 0.3) is 108 Å². The first kappa shape index (κ1) is 43.3. The van der Waals surface area contributed by atoms with Crippen LogP contribution in [0, 0.1) is 0 Å². The number of ether oxygens (including phenoxy) is 4. The Morgan fingerprint density at radius 3 is 0.956 bits per heavy atom. The first-order valence-corrected chi connectivity index (χ1v) is 24.4. The normalized spacial score (nSPS) is 12.2. The lowest BCUT2D eigenvalue weighted by Gasteiger charge is -2.27. The standard InChI is InChI=1S/C60H52O8/c1-5-9-25-65-57(61)43-29-39-37-23-21-33-17-13-15-19-35(33)47(37)42-32-46(60(64)68-28-12-8-4)50-44(58(62)66-26-10-6-2)30-40-38-24-22-34-18-14-16-20-36(34)48(38)41-31-45(59(63)67-27-11-7-3)49(43)55-51(39)54(42)56(50)52(40)53(41)55/h13-24,29-32H,5-12,25-28H2,1-4H3. The summed E-state index contributed by atoms with van der Waals surface area (Å²) in [7, 11) is 0. The van der Waals surface area contributed by atoms with Crippen molar-refractivity contribution in [2.24, 2.45) is 0 Å². The highest BCUT2D eigenvalue weighted by atomic mass is 16.5. The maximum atomic E-state index is 14.9. The van der Waals surface area contributed by atoms with Crippen molar-refractivity contribution in [3.05, 3.63) is 119 Å². The molecular weight excluding hydrogens is 849 g/mol. The number of carbonyl (C=O) groups is 4. The van der Waals surface area contributed by atoms with E-state index in [0.29, 0.717) is 36.5 Å². The Labute approximate surface area is 393 Å². The van der Waals surface area contributed by atoms with Crippen molar-refractivity contribution in [1.82, 2.24) is 0 Å². The maximum Gasteiger partial charge on any atom is 0.338 e. The summed E-state index contributed by atoms with van der Waals surface area (Å²) in [5.41, 5.74) is 1.11. The van der Waals surface area contributed by atoms with Crippen LogP contribution in [0.3, 0.4) is 0 Å². The predicted octanol–water partition coefficient (Wildman–Crippen LogP) is 15.4. The van der Waals surface area contributed by atoms with E-state index in [9.17, 15) is 19.2 Å². The van der Waals surface area contributed by atoms with Crippen LogP contribution in [-0.2, 0) is 18.9 Å². The van der Waals surface area contributed by atoms with Crippen molar-refractivity contribution < 1.29 is 38.1 Å². The van der Waals surface area contributed by atoms with Crippen molar-refractivity contribution in [2.45, 2.75) is 79.1 Å². The van der Waals surface area contributed by atoms with Crippen LogP contribution in [0.15, 0.2) is 97.1 Å². The molecule has 0 saturated carbocycles. The fraction of sp³-hybridized carbons (Fsp3) is 0.267. The monoisotopic (exact) mass is 900 g/mol. The molecule has 8 nitrogen and oxygen atoms in total. The third-order valence-corrected chi connectivity index (χ3v) is 14.1. The summed E-state index contributed by atoms with van der Waals surface area (Å²) in [6, 6.07) is 32.3. The smallest absolute Gasteiger partial charge is 0.338 e. The molecule has 0 aliphatic heterocycles. The highest BCUT2D eigenvalue weighted by Gasteiger charge is 2.34. The second-order valence-corrected chi connectivity index (χ2v) is 18.3. The van der Waals surface area contributed by atoms with Gasteiger partial charge in [-0.05, 0) is 136 Å². The Balaban J connectivity index is 1.46. The topological polar surface area (TPSA) is 105 Å². The maximum absolute atomic E-state index is 14.9. The molecule has 0 aromatic heterocycles. The van der Waals surface area contributed by atoms with Crippen LogP contribution in [0.4, 0.5) is 0 Å². The van der Waals surface area contributed by atoms with Gasteiger partial charge in [0.1, 0.15) is 0 Å². The molecule has 0 spiro atoms. The first-order valence-electron chi connectivity index (χ1n) is 24.4. The van der Waals surface area contributed by atoms with E-state index in [1.807, 2.05) is 76.2 Å². The van der Waals surface area contributed by atoms with Gasteiger partial charge in [0.05, 0.1) is 48.7 Å². The van der Waals surface area contributed by atoms with Gasteiger partial charge < -0.3 is 18.9 Å². The minimum Gasteiger partial charge on any atom is -0.462 e. The molecule has 0 aliphatic rings. The highest BCUT2D eigenvalue weighted by molar-refractivity contribution is 6.54. The third kappa shape index (κ3) is 6.55. The van der Waals surface area contributed by atoms with Crippen LogP contribution in [0.1, 0.15) is 120 Å². The number of hydrogen-bond acceptors (Lipinski definition) is 8. The molecule has 0 aliphatic carbocycles. The predicted molar refractivity (Wildman–Crippen MR) is 276 cm³/mol. The number of rotatable bonds is 16. The molecule has 0 fully saturated rings. The second-order valence-electron chi connectivity index (χ2n) is 18.3. The molecule has 0 atom stereocenters. The average molecular weight is 901 g/mol. The van der Waals surface area contributed by atoms with Crippen LogP contribution >= 0.6 is 0 Å². The Bertz CT molecular complexity index is 3570. The quantitative estimate of drug-likeness (QED) is 0.0310. The van der Waals surface area contributed by atoms with Gasteiger partial charge in [0.15, 0.2) is 0 Å². The van der Waals surface area contributed by atoms with E-state index in [0.717, 1.165) is 123 Å². The van der Waals surface area contributed by atoms with Gasteiger partial charge in [-0.15, -0.1) is 0 Å². The zero-order chi connectivity index (χ0) is 46.8. The highest BCUT2D eigenvalue weighted by Crippen LogP contribution is 2.56. The molecular formula is C60H52O8. The zero-order valence-electron chi connectivity index (χ0n) is 39.0. The summed E-state index contributed by atoms with van der Waals surface area (Å²) >= 11 is 0. The molecule has 0 N–H and O–H groups in total. The number of unbranched alkanes of at least 4 members (excludes halogenated alkanes) is 4. The number of esters is 4. The minimum atomic E-state index is -0.523. The van der Waals surface area contributed by atoms with E-state index in [4.69, 9.17) is 18.9 Å². The van der Waals surface area contributed by atoms with Gasteiger partial charge in [0.2, 0.25) is 0 Å². The molecule has 0 amide bonds. The third-order valence-electron chi connectivity index (χ3n) is 14.1. The molecule has 11 rings (SSSR count). The molecule has 11 aromatic carbocycles. The lowest BCUT2D eigenvalue weighted by atomic mass is 9.75. The summed E-state index contributed by atoms with van der Waals surface area (Å²) in [6.45, 7) is 9.09. The van der Waals surface area contributed by atoms with E-state index < -0.39 is 23.9 Å². The molecule has 0 bridgehead atoms. The van der Waals surface area contributed by atoms with Crippen molar-refractivity contribution >= 4 is 132 Å². The Hall–Kier alpha value is -7.32. The summed E-state index contributed by atoms with van der Waals surface area (Å²) in [5.74, 6) is -2.09. The SMILES string of the molecule is CCCCOC(=O)c1cc2c3ccc4ccccc4c3c3cc(C(=O)OCCCC)c4c(C(=O)OCCCC)cc5c6ccc7ccccc7c6c6cc(C(=O)OCCCC)c1c1c2c3c4c5c61. The number of carbonyl (C=O) groups excluding carboxylic acids is 4. The summed E-state index contributed by atoms with van der Waals surface area (Å²) < 4.78 is 24.4. The molecule has 0 radical (unpaired) electrons. The van der Waals surface area contributed by atoms with Crippen molar-refractivity contribution in [3.63, 3.8) is 0 Å².